The van der Waals surface area contributed by atoms with Crippen molar-refractivity contribution < 1.29 is 4.79 Å². The number of thioether (sulfide) groups is 1. The summed E-state index contributed by atoms with van der Waals surface area (Å²) in [5, 5.41) is 4.02. The highest BCUT2D eigenvalue weighted by molar-refractivity contribution is 8.00. The number of halogens is 1. The Bertz CT molecular complexity index is 497. The molecule has 2 heterocycles. The van der Waals surface area contributed by atoms with Gasteiger partial charge in [-0.1, -0.05) is 11.6 Å². The van der Waals surface area contributed by atoms with Crippen LogP contribution in [0.5, 0.6) is 0 Å². The zero-order valence-electron chi connectivity index (χ0n) is 11.5. The van der Waals surface area contributed by atoms with Crippen molar-refractivity contribution in [1.82, 2.24) is 4.90 Å². The number of benzene rings is 1. The van der Waals surface area contributed by atoms with E-state index in [9.17, 15) is 4.79 Å². The van der Waals surface area contributed by atoms with Crippen LogP contribution in [-0.4, -0.2) is 35.7 Å². The third-order valence-electron chi connectivity index (χ3n) is 4.51. The monoisotopic (exact) mass is 310 g/mol. The molecule has 0 saturated carbocycles. The lowest BCUT2D eigenvalue weighted by Gasteiger charge is -2.36. The van der Waals surface area contributed by atoms with Crippen LogP contribution in [0.3, 0.4) is 0 Å². The van der Waals surface area contributed by atoms with Crippen LogP contribution in [0.2, 0.25) is 5.02 Å². The molecule has 0 aliphatic carbocycles. The zero-order chi connectivity index (χ0) is 14.1. The topological polar surface area (TPSA) is 32.3 Å². The van der Waals surface area contributed by atoms with E-state index < -0.39 is 0 Å². The molecule has 1 unspecified atom stereocenters. The van der Waals surface area contributed by atoms with Crippen molar-refractivity contribution in [2.75, 3.05) is 12.4 Å². The molecule has 2 bridgehead atoms. The SMILES string of the molecule is CN1[C@@H]2CC[C@H]1CC(Sc1ccc(NC=O)cc1Cl)C2. The van der Waals surface area contributed by atoms with Crippen LogP contribution in [0.1, 0.15) is 25.7 Å². The number of fused-ring (bicyclic) bond motifs is 2. The van der Waals surface area contributed by atoms with Gasteiger partial charge in [0.25, 0.3) is 0 Å². The van der Waals surface area contributed by atoms with Crippen LogP contribution >= 0.6 is 23.4 Å². The van der Waals surface area contributed by atoms with Gasteiger partial charge in [-0.15, -0.1) is 11.8 Å². The predicted octanol–water partition coefficient (Wildman–Crippen LogP) is 3.63. The molecule has 1 aromatic carbocycles. The summed E-state index contributed by atoms with van der Waals surface area (Å²) in [5.41, 5.74) is 0.748. The average Bonchev–Trinajstić information content (AvgIpc) is 2.64. The Hall–Kier alpha value is -0.710. The van der Waals surface area contributed by atoms with Gasteiger partial charge in [0.2, 0.25) is 6.41 Å². The van der Waals surface area contributed by atoms with E-state index in [0.717, 1.165) is 27.7 Å². The van der Waals surface area contributed by atoms with E-state index in [2.05, 4.69) is 17.3 Å². The van der Waals surface area contributed by atoms with E-state index in [-0.39, 0.29) is 0 Å². The summed E-state index contributed by atoms with van der Waals surface area (Å²) >= 11 is 8.21. The minimum atomic E-state index is 0.658. The van der Waals surface area contributed by atoms with Crippen LogP contribution in [0.4, 0.5) is 5.69 Å². The second-order valence-corrected chi connectivity index (χ2v) is 7.42. The fourth-order valence-corrected chi connectivity index (χ4v) is 5.02. The highest BCUT2D eigenvalue weighted by Gasteiger charge is 2.38. The standard InChI is InChI=1S/C15H19ClN2OS/c1-18-11-3-4-12(18)8-13(7-11)20-15-5-2-10(17-9-19)6-14(15)16/h2,5-6,9,11-13H,3-4,7-8H2,1H3,(H,17,19)/t11-,12+,13?. The summed E-state index contributed by atoms with van der Waals surface area (Å²) in [5.74, 6) is 0. The van der Waals surface area contributed by atoms with Gasteiger partial charge in [0.05, 0.1) is 5.02 Å². The molecule has 1 amide bonds. The number of nitrogens with zero attached hydrogens (tertiary/aromatic N) is 1. The van der Waals surface area contributed by atoms with E-state index in [1.807, 2.05) is 30.0 Å². The first-order valence-electron chi connectivity index (χ1n) is 7.05. The van der Waals surface area contributed by atoms with Gasteiger partial charge >= 0.3 is 0 Å². The predicted molar refractivity (Wildman–Crippen MR) is 84.6 cm³/mol. The second kappa shape index (κ2) is 5.96. The minimum absolute atomic E-state index is 0.658. The fraction of sp³-hybridized carbons (Fsp3) is 0.533. The maximum absolute atomic E-state index is 10.4. The van der Waals surface area contributed by atoms with Crippen LogP contribution in [0, 0.1) is 0 Å². The van der Waals surface area contributed by atoms with Gasteiger partial charge in [0, 0.05) is 27.9 Å². The number of carbonyl (C=O) groups is 1. The Morgan fingerprint density at radius 2 is 2.05 bits per heavy atom. The Morgan fingerprint density at radius 1 is 1.35 bits per heavy atom. The number of rotatable bonds is 4. The van der Waals surface area contributed by atoms with E-state index in [0.29, 0.717) is 11.7 Å². The number of hydrogen-bond acceptors (Lipinski definition) is 3. The first-order valence-corrected chi connectivity index (χ1v) is 8.31. The molecule has 2 aliphatic rings. The van der Waals surface area contributed by atoms with Gasteiger partial charge in [-0.25, -0.2) is 0 Å². The van der Waals surface area contributed by atoms with Gasteiger partial charge in [-0.2, -0.15) is 0 Å². The van der Waals surface area contributed by atoms with E-state index in [4.69, 9.17) is 11.6 Å². The quantitative estimate of drug-likeness (QED) is 0.862. The Kier molecular flexibility index (Phi) is 4.24. The summed E-state index contributed by atoms with van der Waals surface area (Å²) in [6.07, 6.45) is 5.86. The van der Waals surface area contributed by atoms with E-state index in [1.54, 1.807) is 0 Å². The third kappa shape index (κ3) is 2.83. The number of nitrogens with one attached hydrogen (secondary N) is 1. The zero-order valence-corrected chi connectivity index (χ0v) is 13.1. The molecular formula is C15H19ClN2OS. The summed E-state index contributed by atoms with van der Waals surface area (Å²) in [6, 6.07) is 7.25. The third-order valence-corrected chi connectivity index (χ3v) is 6.26. The molecule has 5 heteroatoms. The molecule has 1 N–H and O–H groups in total. The molecule has 3 rings (SSSR count). The highest BCUT2D eigenvalue weighted by Crippen LogP contribution is 2.43. The van der Waals surface area contributed by atoms with E-state index >= 15 is 0 Å². The molecule has 1 aromatic rings. The molecule has 0 radical (unpaired) electrons. The molecule has 108 valence electrons. The van der Waals surface area contributed by atoms with Crippen LogP contribution < -0.4 is 5.32 Å². The number of carbonyl (C=O) groups excluding carboxylic acids is 1. The Balaban J connectivity index is 1.68. The highest BCUT2D eigenvalue weighted by atomic mass is 35.5. The van der Waals surface area contributed by atoms with Gasteiger partial charge in [0.15, 0.2) is 0 Å². The van der Waals surface area contributed by atoms with E-state index in [1.165, 1.54) is 25.7 Å². The fourth-order valence-electron chi connectivity index (χ4n) is 3.39. The van der Waals surface area contributed by atoms with Gasteiger partial charge in [-0.3, -0.25) is 4.79 Å². The largest absolute Gasteiger partial charge is 0.329 e. The second-order valence-electron chi connectivity index (χ2n) is 5.67. The molecule has 0 spiro atoms. The van der Waals surface area contributed by atoms with Gasteiger partial charge in [0.1, 0.15) is 0 Å². The van der Waals surface area contributed by atoms with Crippen molar-refractivity contribution in [2.45, 2.75) is 47.9 Å². The molecule has 2 fully saturated rings. The first-order chi connectivity index (χ1) is 9.67. The Morgan fingerprint density at radius 3 is 2.65 bits per heavy atom. The number of piperidine rings is 1. The maximum atomic E-state index is 10.4. The summed E-state index contributed by atoms with van der Waals surface area (Å²) < 4.78 is 0. The number of anilines is 1. The first kappa shape index (κ1) is 14.2. The van der Waals surface area contributed by atoms with Crippen molar-refractivity contribution in [2.24, 2.45) is 0 Å². The molecule has 3 atom stereocenters. The minimum Gasteiger partial charge on any atom is -0.329 e. The van der Waals surface area contributed by atoms with Crippen LogP contribution in [0.15, 0.2) is 23.1 Å². The summed E-state index contributed by atoms with van der Waals surface area (Å²) in [7, 11) is 2.26. The van der Waals surface area contributed by atoms with Crippen molar-refractivity contribution in [3.05, 3.63) is 23.2 Å². The molecule has 2 aliphatic heterocycles. The average molecular weight is 311 g/mol. The molecule has 0 aromatic heterocycles. The van der Waals surface area contributed by atoms with Crippen molar-refractivity contribution in [3.8, 4) is 0 Å². The lowest BCUT2D eigenvalue weighted by atomic mass is 10.0. The molecule has 2 saturated heterocycles. The smallest absolute Gasteiger partial charge is 0.211 e. The normalized spacial score (nSPS) is 29.4. The maximum Gasteiger partial charge on any atom is 0.211 e. The van der Waals surface area contributed by atoms with Crippen molar-refractivity contribution in [3.63, 3.8) is 0 Å². The molecular weight excluding hydrogens is 292 g/mol. The van der Waals surface area contributed by atoms with Crippen molar-refractivity contribution >= 4 is 35.5 Å². The van der Waals surface area contributed by atoms with Gasteiger partial charge in [-0.05, 0) is 50.9 Å². The lowest BCUT2D eigenvalue weighted by Crippen LogP contribution is -2.40. The number of amides is 1. The van der Waals surface area contributed by atoms with Crippen LogP contribution in [-0.2, 0) is 4.79 Å². The summed E-state index contributed by atoms with van der Waals surface area (Å²) in [4.78, 5) is 14.1. The molecule has 20 heavy (non-hydrogen) atoms. The Labute approximate surface area is 129 Å². The van der Waals surface area contributed by atoms with Crippen molar-refractivity contribution in [1.29, 1.82) is 0 Å². The lowest BCUT2D eigenvalue weighted by molar-refractivity contribution is -0.105. The van der Waals surface area contributed by atoms with Gasteiger partial charge < -0.3 is 10.2 Å². The number of hydrogen-bond donors (Lipinski definition) is 1. The summed E-state index contributed by atoms with van der Waals surface area (Å²) in [6.45, 7) is 0. The van der Waals surface area contributed by atoms with Crippen LogP contribution in [0.25, 0.3) is 0 Å². The molecule has 3 nitrogen and oxygen atoms in total.